The lowest BCUT2D eigenvalue weighted by molar-refractivity contribution is -0.138. The first kappa shape index (κ1) is 27.1. The summed E-state index contributed by atoms with van der Waals surface area (Å²) in [4.78, 5) is 28.2. The van der Waals surface area contributed by atoms with Crippen molar-refractivity contribution in [3.8, 4) is 0 Å². The Labute approximate surface area is 209 Å². The highest BCUT2D eigenvalue weighted by Crippen LogP contribution is 2.42. The molecule has 0 aromatic heterocycles. The first-order valence-corrected chi connectivity index (χ1v) is 12.1. The molecule has 0 saturated carbocycles. The van der Waals surface area contributed by atoms with E-state index >= 15 is 0 Å². The third kappa shape index (κ3) is 6.37. The van der Waals surface area contributed by atoms with Crippen LogP contribution in [0.25, 0.3) is 0 Å². The van der Waals surface area contributed by atoms with Crippen molar-refractivity contribution in [3.63, 3.8) is 0 Å². The predicted octanol–water partition coefficient (Wildman–Crippen LogP) is 6.46. The monoisotopic (exact) mass is 508 g/mol. The molecule has 1 saturated heterocycles. The van der Waals surface area contributed by atoms with Gasteiger partial charge in [-0.1, -0.05) is 51.4 Å². The van der Waals surface area contributed by atoms with Gasteiger partial charge in [-0.05, 0) is 72.1 Å². The van der Waals surface area contributed by atoms with E-state index < -0.39 is 23.7 Å². The van der Waals surface area contributed by atoms with Crippen molar-refractivity contribution in [3.05, 3.63) is 69.7 Å². The van der Waals surface area contributed by atoms with E-state index in [1.54, 1.807) is 4.90 Å². The van der Waals surface area contributed by atoms with Crippen LogP contribution in [0.3, 0.4) is 0 Å². The molecule has 1 fully saturated rings. The molecule has 2 aromatic rings. The number of alkyl halides is 3. The fraction of sp³-hybridized carbons (Fsp3) is 0.481. The van der Waals surface area contributed by atoms with Gasteiger partial charge in [0.1, 0.15) is 6.04 Å². The van der Waals surface area contributed by atoms with Gasteiger partial charge in [0.2, 0.25) is 5.91 Å². The summed E-state index contributed by atoms with van der Waals surface area (Å²) in [6, 6.07) is 10.1. The number of nitrogens with zero attached hydrogens (tertiary/aromatic N) is 1. The standard InChI is InChI=1S/C27H32ClF3N2O2/c1-16(2)23(32-24(34)19-12-17(3)13-20(14-19)27(29,30)31)25(35)33-11-10-22(26(4,5)15-33)18-6-8-21(28)9-7-18/h6-9,12-14,16,22-23H,10-11,15H2,1-5H3,(H,32,34). The molecule has 1 aliphatic rings. The molecule has 3 rings (SSSR count). The van der Waals surface area contributed by atoms with Crippen LogP contribution >= 0.6 is 11.6 Å². The number of benzene rings is 2. The van der Waals surface area contributed by atoms with Crippen LogP contribution in [0.5, 0.6) is 0 Å². The highest BCUT2D eigenvalue weighted by Gasteiger charge is 2.40. The van der Waals surface area contributed by atoms with E-state index in [1.165, 1.54) is 18.6 Å². The molecule has 1 aliphatic heterocycles. The zero-order valence-electron chi connectivity index (χ0n) is 20.7. The largest absolute Gasteiger partial charge is 0.416 e. The van der Waals surface area contributed by atoms with Gasteiger partial charge in [0.05, 0.1) is 5.56 Å². The van der Waals surface area contributed by atoms with Crippen molar-refractivity contribution in [2.75, 3.05) is 13.1 Å². The van der Waals surface area contributed by atoms with Crippen molar-refractivity contribution in [1.29, 1.82) is 0 Å². The van der Waals surface area contributed by atoms with Gasteiger partial charge in [0, 0.05) is 23.7 Å². The minimum atomic E-state index is -4.56. The topological polar surface area (TPSA) is 49.4 Å². The number of amides is 2. The van der Waals surface area contributed by atoms with Gasteiger partial charge >= 0.3 is 6.18 Å². The fourth-order valence-electron chi connectivity index (χ4n) is 4.87. The van der Waals surface area contributed by atoms with Crippen LogP contribution in [0.15, 0.2) is 42.5 Å². The van der Waals surface area contributed by atoms with Gasteiger partial charge in [0.15, 0.2) is 0 Å². The van der Waals surface area contributed by atoms with Crippen LogP contribution in [-0.4, -0.2) is 35.8 Å². The Kier molecular flexibility index (Phi) is 7.89. The highest BCUT2D eigenvalue weighted by atomic mass is 35.5. The summed E-state index contributed by atoms with van der Waals surface area (Å²) in [6.07, 6.45) is -3.81. The Morgan fingerprint density at radius 3 is 2.29 bits per heavy atom. The Hall–Kier alpha value is -2.54. The van der Waals surface area contributed by atoms with E-state index in [1.807, 2.05) is 38.1 Å². The van der Waals surface area contributed by atoms with Gasteiger partial charge in [-0.2, -0.15) is 13.2 Å². The van der Waals surface area contributed by atoms with Gasteiger partial charge in [-0.15, -0.1) is 0 Å². The molecule has 4 nitrogen and oxygen atoms in total. The smallest absolute Gasteiger partial charge is 0.340 e. The second-order valence-corrected chi connectivity index (χ2v) is 10.9. The molecule has 2 amide bonds. The second kappa shape index (κ2) is 10.2. The summed E-state index contributed by atoms with van der Waals surface area (Å²) in [7, 11) is 0. The zero-order valence-corrected chi connectivity index (χ0v) is 21.4. The van der Waals surface area contributed by atoms with Crippen molar-refractivity contribution in [2.45, 2.75) is 59.2 Å². The number of piperidine rings is 1. The van der Waals surface area contributed by atoms with Crippen LogP contribution in [-0.2, 0) is 11.0 Å². The Balaban J connectivity index is 1.76. The number of rotatable bonds is 5. The normalized spacial score (nSPS) is 18.9. The lowest BCUT2D eigenvalue weighted by Gasteiger charge is -2.45. The predicted molar refractivity (Wildman–Crippen MR) is 131 cm³/mol. The lowest BCUT2D eigenvalue weighted by Crippen LogP contribution is -2.55. The van der Waals surface area contributed by atoms with Gasteiger partial charge in [-0.25, -0.2) is 0 Å². The molecular formula is C27H32ClF3N2O2. The molecular weight excluding hydrogens is 477 g/mol. The molecule has 1 N–H and O–H groups in total. The SMILES string of the molecule is Cc1cc(C(=O)NC(C(=O)N2CCC(c3ccc(Cl)cc3)C(C)(C)C2)C(C)C)cc(C(F)(F)F)c1. The van der Waals surface area contributed by atoms with E-state index in [9.17, 15) is 22.8 Å². The Morgan fingerprint density at radius 1 is 1.11 bits per heavy atom. The number of hydrogen-bond acceptors (Lipinski definition) is 2. The summed E-state index contributed by atoms with van der Waals surface area (Å²) >= 11 is 6.03. The molecule has 0 aliphatic carbocycles. The fourth-order valence-corrected chi connectivity index (χ4v) is 5.00. The third-order valence-electron chi connectivity index (χ3n) is 6.70. The lowest BCUT2D eigenvalue weighted by atomic mass is 9.70. The zero-order chi connectivity index (χ0) is 26.1. The van der Waals surface area contributed by atoms with Crippen molar-refractivity contribution >= 4 is 23.4 Å². The van der Waals surface area contributed by atoms with Crippen molar-refractivity contribution < 1.29 is 22.8 Å². The summed E-state index contributed by atoms with van der Waals surface area (Å²) in [5.41, 5.74) is 0.271. The van der Waals surface area contributed by atoms with Crippen LogP contribution in [0.1, 0.15) is 67.1 Å². The summed E-state index contributed by atoms with van der Waals surface area (Å²) in [5.74, 6) is -0.916. The van der Waals surface area contributed by atoms with Crippen molar-refractivity contribution in [1.82, 2.24) is 10.2 Å². The molecule has 0 spiro atoms. The molecule has 8 heteroatoms. The molecule has 2 aromatic carbocycles. The number of halogens is 4. The van der Waals surface area contributed by atoms with Gasteiger partial charge in [0.25, 0.3) is 5.91 Å². The van der Waals surface area contributed by atoms with Crippen LogP contribution in [0.4, 0.5) is 13.2 Å². The molecule has 0 bridgehead atoms. The first-order valence-electron chi connectivity index (χ1n) is 11.7. The minimum Gasteiger partial charge on any atom is -0.340 e. The van der Waals surface area contributed by atoms with Gasteiger partial charge < -0.3 is 10.2 Å². The number of carbonyl (C=O) groups excluding carboxylic acids is 2. The summed E-state index contributed by atoms with van der Waals surface area (Å²) in [6.45, 7) is 10.4. The van der Waals surface area contributed by atoms with E-state index in [0.717, 1.165) is 18.6 Å². The Morgan fingerprint density at radius 2 is 1.74 bits per heavy atom. The quantitative estimate of drug-likeness (QED) is 0.503. The number of hydrogen-bond donors (Lipinski definition) is 1. The van der Waals surface area contributed by atoms with Crippen LogP contribution < -0.4 is 5.32 Å². The first-order chi connectivity index (χ1) is 16.2. The maximum Gasteiger partial charge on any atom is 0.416 e. The van der Waals surface area contributed by atoms with E-state index in [4.69, 9.17) is 11.6 Å². The van der Waals surface area contributed by atoms with E-state index in [-0.39, 0.29) is 28.7 Å². The maximum atomic E-state index is 13.5. The summed E-state index contributed by atoms with van der Waals surface area (Å²) < 4.78 is 39.7. The van der Waals surface area contributed by atoms with E-state index in [0.29, 0.717) is 23.7 Å². The highest BCUT2D eigenvalue weighted by molar-refractivity contribution is 6.30. The maximum absolute atomic E-state index is 13.5. The molecule has 2 unspecified atom stereocenters. The molecule has 190 valence electrons. The average Bonchev–Trinajstić information content (AvgIpc) is 2.75. The third-order valence-corrected chi connectivity index (χ3v) is 6.95. The molecule has 1 heterocycles. The van der Waals surface area contributed by atoms with E-state index in [2.05, 4.69) is 19.2 Å². The number of nitrogens with one attached hydrogen (secondary N) is 1. The number of carbonyl (C=O) groups is 2. The van der Waals surface area contributed by atoms with Crippen LogP contribution in [0, 0.1) is 18.3 Å². The number of likely N-dealkylation sites (tertiary alicyclic amines) is 1. The molecule has 2 atom stereocenters. The molecule has 0 radical (unpaired) electrons. The Bertz CT molecular complexity index is 1080. The minimum absolute atomic E-state index is 0.113. The number of aryl methyl sites for hydroxylation is 1. The van der Waals surface area contributed by atoms with Crippen molar-refractivity contribution in [2.24, 2.45) is 11.3 Å². The summed E-state index contributed by atoms with van der Waals surface area (Å²) in [5, 5.41) is 3.37. The molecule has 35 heavy (non-hydrogen) atoms. The van der Waals surface area contributed by atoms with Gasteiger partial charge in [-0.3, -0.25) is 9.59 Å². The second-order valence-electron chi connectivity index (χ2n) is 10.4. The van der Waals surface area contributed by atoms with Crippen LogP contribution in [0.2, 0.25) is 5.02 Å². The average molecular weight is 509 g/mol.